The molecule has 1 fully saturated rings. The van der Waals surface area contributed by atoms with Gasteiger partial charge < -0.3 is 9.42 Å². The number of Topliss-reactive ketones (excluding diaryl/α,β-unsaturated/α-hetero) is 1. The lowest BCUT2D eigenvalue weighted by Crippen LogP contribution is -2.38. The van der Waals surface area contributed by atoms with Crippen LogP contribution in [0.15, 0.2) is 28.8 Å². The summed E-state index contributed by atoms with van der Waals surface area (Å²) in [5, 5.41) is 4.17. The average molecular weight is 313 g/mol. The molecule has 1 saturated heterocycles. The number of carbonyl (C=O) groups excluding carboxylic acids is 1. The first-order valence-corrected chi connectivity index (χ1v) is 8.23. The highest BCUT2D eigenvalue weighted by Gasteiger charge is 2.25. The zero-order valence-corrected chi connectivity index (χ0v) is 14.0. The average Bonchev–Trinajstić information content (AvgIpc) is 3.05. The van der Waals surface area contributed by atoms with Crippen molar-refractivity contribution in [1.29, 1.82) is 0 Å². The molecule has 1 aliphatic rings. The first kappa shape index (κ1) is 15.9. The molecule has 5 nitrogen and oxygen atoms in total. The lowest BCUT2D eigenvalue weighted by atomic mass is 9.95. The van der Waals surface area contributed by atoms with Crippen LogP contribution in [0.5, 0.6) is 0 Å². The number of hydrogen-bond donors (Lipinski definition) is 0. The van der Waals surface area contributed by atoms with E-state index in [1.807, 2.05) is 12.1 Å². The van der Waals surface area contributed by atoms with E-state index in [1.165, 1.54) is 0 Å². The van der Waals surface area contributed by atoms with E-state index in [0.717, 1.165) is 37.3 Å². The van der Waals surface area contributed by atoms with Crippen molar-refractivity contribution in [3.8, 4) is 11.5 Å². The van der Waals surface area contributed by atoms with Crippen LogP contribution in [0, 0.1) is 0 Å². The van der Waals surface area contributed by atoms with Crippen LogP contribution in [0.1, 0.15) is 55.7 Å². The number of nitrogens with zero attached hydrogens (tertiary/aromatic N) is 3. The maximum absolute atomic E-state index is 11.3. The Morgan fingerprint density at radius 1 is 1.22 bits per heavy atom. The van der Waals surface area contributed by atoms with Crippen LogP contribution in [0.25, 0.3) is 11.5 Å². The minimum Gasteiger partial charge on any atom is -0.334 e. The van der Waals surface area contributed by atoms with Gasteiger partial charge in [-0.15, -0.1) is 0 Å². The molecule has 0 amide bonds. The topological polar surface area (TPSA) is 59.2 Å². The minimum atomic E-state index is 0.0553. The number of carbonyl (C=O) groups is 1. The SMILES string of the molecule is CC(=O)c1ccc(-c2nc(C3CCN(C(C)C)CC3)no2)cc1. The molecule has 0 bridgehead atoms. The van der Waals surface area contributed by atoms with E-state index in [-0.39, 0.29) is 5.78 Å². The number of piperidine rings is 1. The predicted molar refractivity (Wildman–Crippen MR) is 88.4 cm³/mol. The predicted octanol–water partition coefficient (Wildman–Crippen LogP) is 3.53. The van der Waals surface area contributed by atoms with Crippen LogP contribution in [0.3, 0.4) is 0 Å². The molecule has 122 valence electrons. The highest BCUT2D eigenvalue weighted by atomic mass is 16.5. The minimum absolute atomic E-state index is 0.0553. The van der Waals surface area contributed by atoms with Crippen molar-refractivity contribution in [3.05, 3.63) is 35.7 Å². The highest BCUT2D eigenvalue weighted by Crippen LogP contribution is 2.28. The molecule has 23 heavy (non-hydrogen) atoms. The van der Waals surface area contributed by atoms with Crippen molar-refractivity contribution in [2.75, 3.05) is 13.1 Å². The first-order chi connectivity index (χ1) is 11.0. The van der Waals surface area contributed by atoms with Crippen LogP contribution in [-0.2, 0) is 0 Å². The summed E-state index contributed by atoms with van der Waals surface area (Å²) >= 11 is 0. The second-order valence-electron chi connectivity index (χ2n) is 6.50. The van der Waals surface area contributed by atoms with Gasteiger partial charge in [0.1, 0.15) is 0 Å². The van der Waals surface area contributed by atoms with Crippen molar-refractivity contribution in [2.24, 2.45) is 0 Å². The Hall–Kier alpha value is -2.01. The van der Waals surface area contributed by atoms with Crippen LogP contribution in [0.2, 0.25) is 0 Å². The van der Waals surface area contributed by atoms with Crippen LogP contribution in [0.4, 0.5) is 0 Å². The Morgan fingerprint density at radius 3 is 2.43 bits per heavy atom. The molecule has 0 spiro atoms. The smallest absolute Gasteiger partial charge is 0.257 e. The van der Waals surface area contributed by atoms with Crippen molar-refractivity contribution in [1.82, 2.24) is 15.0 Å². The Balaban J connectivity index is 1.70. The van der Waals surface area contributed by atoms with Gasteiger partial charge in [0.15, 0.2) is 11.6 Å². The molecule has 2 heterocycles. The van der Waals surface area contributed by atoms with Crippen molar-refractivity contribution >= 4 is 5.78 Å². The van der Waals surface area contributed by atoms with Gasteiger partial charge >= 0.3 is 0 Å². The molecule has 0 unspecified atom stereocenters. The Bertz CT molecular complexity index is 668. The summed E-state index contributed by atoms with van der Waals surface area (Å²) in [5.41, 5.74) is 1.54. The zero-order chi connectivity index (χ0) is 16.4. The van der Waals surface area contributed by atoms with E-state index in [4.69, 9.17) is 4.52 Å². The van der Waals surface area contributed by atoms with Gasteiger partial charge in [-0.3, -0.25) is 4.79 Å². The summed E-state index contributed by atoms with van der Waals surface area (Å²) in [7, 11) is 0. The Kier molecular flexibility index (Phi) is 4.57. The van der Waals surface area contributed by atoms with E-state index in [2.05, 4.69) is 28.9 Å². The fraction of sp³-hybridized carbons (Fsp3) is 0.500. The fourth-order valence-corrected chi connectivity index (χ4v) is 3.04. The highest BCUT2D eigenvalue weighted by molar-refractivity contribution is 5.94. The number of benzene rings is 1. The van der Waals surface area contributed by atoms with E-state index >= 15 is 0 Å². The number of rotatable bonds is 4. The normalized spacial score (nSPS) is 16.9. The molecular weight excluding hydrogens is 290 g/mol. The summed E-state index contributed by atoms with van der Waals surface area (Å²) in [6.07, 6.45) is 2.14. The fourth-order valence-electron chi connectivity index (χ4n) is 3.04. The van der Waals surface area contributed by atoms with Gasteiger partial charge in [-0.1, -0.05) is 17.3 Å². The lowest BCUT2D eigenvalue weighted by Gasteiger charge is -2.33. The quantitative estimate of drug-likeness (QED) is 0.808. The number of ketones is 1. The monoisotopic (exact) mass is 313 g/mol. The molecule has 0 atom stereocenters. The summed E-state index contributed by atoms with van der Waals surface area (Å²) in [5.74, 6) is 1.76. The second kappa shape index (κ2) is 6.62. The van der Waals surface area contributed by atoms with Gasteiger partial charge in [0.25, 0.3) is 5.89 Å². The van der Waals surface area contributed by atoms with Crippen LogP contribution >= 0.6 is 0 Å². The number of aromatic nitrogens is 2. The van der Waals surface area contributed by atoms with Gasteiger partial charge in [0.05, 0.1) is 0 Å². The van der Waals surface area contributed by atoms with E-state index in [9.17, 15) is 4.79 Å². The largest absolute Gasteiger partial charge is 0.334 e. The summed E-state index contributed by atoms with van der Waals surface area (Å²) < 4.78 is 5.42. The van der Waals surface area contributed by atoms with Gasteiger partial charge in [-0.2, -0.15) is 4.98 Å². The summed E-state index contributed by atoms with van der Waals surface area (Å²) in [6.45, 7) is 8.19. The van der Waals surface area contributed by atoms with Gasteiger partial charge in [0, 0.05) is 23.1 Å². The van der Waals surface area contributed by atoms with Crippen molar-refractivity contribution in [2.45, 2.75) is 45.6 Å². The maximum atomic E-state index is 11.3. The number of likely N-dealkylation sites (tertiary alicyclic amines) is 1. The molecule has 0 N–H and O–H groups in total. The van der Waals surface area contributed by atoms with E-state index in [1.54, 1.807) is 19.1 Å². The van der Waals surface area contributed by atoms with Crippen molar-refractivity contribution < 1.29 is 9.32 Å². The number of hydrogen-bond acceptors (Lipinski definition) is 5. The standard InChI is InChI=1S/C18H23N3O2/c1-12(2)21-10-8-15(9-11-21)17-19-18(23-20-17)16-6-4-14(5-7-16)13(3)22/h4-7,12,15H,8-11H2,1-3H3. The van der Waals surface area contributed by atoms with E-state index in [0.29, 0.717) is 23.4 Å². The molecule has 0 aliphatic carbocycles. The summed E-state index contributed by atoms with van der Waals surface area (Å²) in [6, 6.07) is 7.90. The Labute approximate surface area is 136 Å². The Morgan fingerprint density at radius 2 is 1.87 bits per heavy atom. The molecule has 0 radical (unpaired) electrons. The second-order valence-corrected chi connectivity index (χ2v) is 6.50. The molecular formula is C18H23N3O2. The molecule has 5 heteroatoms. The van der Waals surface area contributed by atoms with Crippen LogP contribution < -0.4 is 0 Å². The van der Waals surface area contributed by atoms with E-state index < -0.39 is 0 Å². The third-order valence-corrected chi connectivity index (χ3v) is 4.61. The van der Waals surface area contributed by atoms with Crippen molar-refractivity contribution in [3.63, 3.8) is 0 Å². The summed E-state index contributed by atoms with van der Waals surface area (Å²) in [4.78, 5) is 18.4. The molecule has 0 saturated carbocycles. The molecule has 2 aromatic rings. The zero-order valence-electron chi connectivity index (χ0n) is 14.0. The van der Waals surface area contributed by atoms with Gasteiger partial charge in [0.2, 0.25) is 0 Å². The van der Waals surface area contributed by atoms with Crippen LogP contribution in [-0.4, -0.2) is 40.0 Å². The van der Waals surface area contributed by atoms with Gasteiger partial charge in [-0.05, 0) is 58.8 Å². The third kappa shape index (κ3) is 3.50. The molecule has 3 rings (SSSR count). The third-order valence-electron chi connectivity index (χ3n) is 4.61. The lowest BCUT2D eigenvalue weighted by molar-refractivity contribution is 0.101. The van der Waals surface area contributed by atoms with Gasteiger partial charge in [-0.25, -0.2) is 0 Å². The first-order valence-electron chi connectivity index (χ1n) is 8.23. The molecule has 1 aromatic carbocycles. The molecule has 1 aromatic heterocycles. The maximum Gasteiger partial charge on any atom is 0.257 e. The molecule has 1 aliphatic heterocycles.